The largest absolute Gasteiger partial charge is 0.390 e. The molecule has 0 amide bonds. The Balaban J connectivity index is 1.73. The van der Waals surface area contributed by atoms with E-state index in [-0.39, 0.29) is 18.3 Å². The minimum absolute atomic E-state index is 0.238. The lowest BCUT2D eigenvalue weighted by atomic mass is 10.2. The fourth-order valence-electron chi connectivity index (χ4n) is 3.84. The minimum atomic E-state index is -0.374. The third-order valence-electron chi connectivity index (χ3n) is 4.90. The molecule has 3 rings (SSSR count). The third kappa shape index (κ3) is 3.44. The van der Waals surface area contributed by atoms with Gasteiger partial charge in [0.25, 0.3) is 0 Å². The number of rotatable bonds is 4. The minimum Gasteiger partial charge on any atom is -0.390 e. The van der Waals surface area contributed by atoms with E-state index in [1.807, 2.05) is 0 Å². The molecule has 1 aliphatic rings. The second kappa shape index (κ2) is 6.63. The molecule has 23 heavy (non-hydrogen) atoms. The number of hydrogen-bond acceptors (Lipinski definition) is 3. The van der Waals surface area contributed by atoms with Crippen LogP contribution in [0.4, 0.5) is 0 Å². The van der Waals surface area contributed by atoms with Crippen LogP contribution in [0.5, 0.6) is 0 Å². The van der Waals surface area contributed by atoms with Crippen LogP contribution in [0.3, 0.4) is 0 Å². The summed E-state index contributed by atoms with van der Waals surface area (Å²) in [5, 5.41) is 11.9. The molecule has 0 aliphatic carbocycles. The summed E-state index contributed by atoms with van der Waals surface area (Å²) in [4.78, 5) is 2.32. The number of fused-ring (bicyclic) bond motifs is 1. The smallest absolute Gasteiger partial charge is 0.0845 e. The molecule has 3 atom stereocenters. The lowest BCUT2D eigenvalue weighted by molar-refractivity contribution is -0.0772. The van der Waals surface area contributed by atoms with Gasteiger partial charge >= 0.3 is 0 Å². The Labute approximate surface area is 138 Å². The molecule has 1 fully saturated rings. The van der Waals surface area contributed by atoms with Crippen molar-refractivity contribution in [1.82, 2.24) is 9.47 Å². The number of β-amino-alcohol motifs (C(OH)–C–C–N with tert-alkyl or cyclic N) is 1. The lowest BCUT2D eigenvalue weighted by Crippen LogP contribution is -2.48. The molecule has 0 radical (unpaired) electrons. The molecule has 1 aromatic carbocycles. The first-order chi connectivity index (χ1) is 11.0. The van der Waals surface area contributed by atoms with Crippen molar-refractivity contribution in [2.24, 2.45) is 0 Å². The molecule has 2 aromatic rings. The molecule has 1 N–H and O–H groups in total. The monoisotopic (exact) mass is 316 g/mol. The van der Waals surface area contributed by atoms with Gasteiger partial charge in [-0.05, 0) is 39.3 Å². The second-order valence-electron chi connectivity index (χ2n) is 6.97. The number of morpholine rings is 1. The van der Waals surface area contributed by atoms with E-state index in [0.29, 0.717) is 13.1 Å². The zero-order valence-electron chi connectivity index (χ0n) is 14.6. The van der Waals surface area contributed by atoms with E-state index in [9.17, 15) is 5.11 Å². The summed E-state index contributed by atoms with van der Waals surface area (Å²) in [6.45, 7) is 11.6. The highest BCUT2D eigenvalue weighted by molar-refractivity contribution is 5.85. The third-order valence-corrected chi connectivity index (χ3v) is 4.90. The van der Waals surface area contributed by atoms with Gasteiger partial charge in [-0.1, -0.05) is 18.2 Å². The zero-order valence-corrected chi connectivity index (χ0v) is 14.6. The van der Waals surface area contributed by atoms with Crippen LogP contribution in [0.15, 0.2) is 24.3 Å². The normalized spacial score (nSPS) is 24.2. The summed E-state index contributed by atoms with van der Waals surface area (Å²) in [7, 11) is 0. The Morgan fingerprint density at radius 2 is 1.78 bits per heavy atom. The van der Waals surface area contributed by atoms with E-state index in [4.69, 9.17) is 4.74 Å². The van der Waals surface area contributed by atoms with E-state index in [1.54, 1.807) is 0 Å². The Kier molecular flexibility index (Phi) is 4.76. The Morgan fingerprint density at radius 1 is 1.13 bits per heavy atom. The average molecular weight is 316 g/mol. The maximum absolute atomic E-state index is 10.6. The van der Waals surface area contributed by atoms with Gasteiger partial charge < -0.3 is 14.4 Å². The topological polar surface area (TPSA) is 37.6 Å². The van der Waals surface area contributed by atoms with Gasteiger partial charge in [-0.15, -0.1) is 0 Å². The Morgan fingerprint density at radius 3 is 2.48 bits per heavy atom. The summed E-state index contributed by atoms with van der Waals surface area (Å²) in [5.74, 6) is 0. The maximum atomic E-state index is 10.6. The van der Waals surface area contributed by atoms with Gasteiger partial charge in [-0.3, -0.25) is 4.90 Å². The number of para-hydroxylation sites is 1. The van der Waals surface area contributed by atoms with Crippen LogP contribution in [-0.4, -0.2) is 52.5 Å². The number of aliphatic hydroxyl groups excluding tert-OH is 1. The van der Waals surface area contributed by atoms with Gasteiger partial charge in [0.1, 0.15) is 0 Å². The van der Waals surface area contributed by atoms with E-state index in [1.165, 1.54) is 22.2 Å². The molecular weight excluding hydrogens is 288 g/mol. The molecule has 0 saturated carbocycles. The molecule has 2 heterocycles. The molecule has 0 bridgehead atoms. The van der Waals surface area contributed by atoms with Gasteiger partial charge in [0, 0.05) is 36.2 Å². The fourth-order valence-corrected chi connectivity index (χ4v) is 3.84. The van der Waals surface area contributed by atoms with E-state index >= 15 is 0 Å². The van der Waals surface area contributed by atoms with Crippen molar-refractivity contribution in [2.45, 2.75) is 52.6 Å². The fraction of sp³-hybridized carbons (Fsp3) is 0.579. The standard InChI is InChI=1S/C19H28N2O2/c1-13-9-20(10-14(2)23-13)11-17(22)12-21-16(4)15(3)18-7-5-6-8-19(18)21/h5-8,13-14,17,22H,9-12H2,1-4H3. The predicted molar refractivity (Wildman–Crippen MR) is 93.9 cm³/mol. The first kappa shape index (κ1) is 16.5. The molecule has 3 unspecified atom stereocenters. The molecule has 1 aromatic heterocycles. The van der Waals surface area contributed by atoms with Crippen molar-refractivity contribution in [3.8, 4) is 0 Å². The van der Waals surface area contributed by atoms with Crippen molar-refractivity contribution >= 4 is 10.9 Å². The van der Waals surface area contributed by atoms with Crippen LogP contribution in [0, 0.1) is 13.8 Å². The number of ether oxygens (including phenoxy) is 1. The van der Waals surface area contributed by atoms with Crippen molar-refractivity contribution in [3.05, 3.63) is 35.5 Å². The average Bonchev–Trinajstić information content (AvgIpc) is 2.72. The maximum Gasteiger partial charge on any atom is 0.0845 e. The molecule has 1 saturated heterocycles. The van der Waals surface area contributed by atoms with Gasteiger partial charge in [-0.25, -0.2) is 0 Å². The van der Waals surface area contributed by atoms with Crippen LogP contribution in [0.2, 0.25) is 0 Å². The van der Waals surface area contributed by atoms with Crippen LogP contribution in [-0.2, 0) is 11.3 Å². The SMILES string of the molecule is Cc1c(C)n(CC(O)CN2CC(C)OC(C)C2)c2ccccc12. The first-order valence-electron chi connectivity index (χ1n) is 8.56. The first-order valence-corrected chi connectivity index (χ1v) is 8.56. The number of nitrogens with zero attached hydrogens (tertiary/aromatic N) is 2. The number of benzene rings is 1. The summed E-state index contributed by atoms with van der Waals surface area (Å²) >= 11 is 0. The Bertz CT molecular complexity index is 669. The number of aliphatic hydroxyl groups is 1. The zero-order chi connectivity index (χ0) is 16.6. The highest BCUT2D eigenvalue weighted by Gasteiger charge is 2.24. The molecular formula is C19H28N2O2. The van der Waals surface area contributed by atoms with Gasteiger partial charge in [0.15, 0.2) is 0 Å². The molecule has 4 heteroatoms. The van der Waals surface area contributed by atoms with E-state index < -0.39 is 0 Å². The number of aryl methyl sites for hydroxylation is 1. The van der Waals surface area contributed by atoms with Crippen molar-refractivity contribution < 1.29 is 9.84 Å². The summed E-state index contributed by atoms with van der Waals surface area (Å²) < 4.78 is 8.02. The number of hydrogen-bond donors (Lipinski definition) is 1. The molecule has 4 nitrogen and oxygen atoms in total. The van der Waals surface area contributed by atoms with Gasteiger partial charge in [0.2, 0.25) is 0 Å². The van der Waals surface area contributed by atoms with Crippen LogP contribution in [0.1, 0.15) is 25.1 Å². The molecule has 1 aliphatic heterocycles. The Hall–Kier alpha value is -1.36. The highest BCUT2D eigenvalue weighted by Crippen LogP contribution is 2.25. The quantitative estimate of drug-likeness (QED) is 0.942. The molecule has 0 spiro atoms. The lowest BCUT2D eigenvalue weighted by Gasteiger charge is -2.36. The van der Waals surface area contributed by atoms with E-state index in [0.717, 1.165) is 13.1 Å². The van der Waals surface area contributed by atoms with Gasteiger partial charge in [-0.2, -0.15) is 0 Å². The summed E-state index contributed by atoms with van der Waals surface area (Å²) in [6.07, 6.45) is 0.103. The number of aromatic nitrogens is 1. The van der Waals surface area contributed by atoms with Crippen molar-refractivity contribution in [1.29, 1.82) is 0 Å². The van der Waals surface area contributed by atoms with E-state index in [2.05, 4.69) is 61.4 Å². The van der Waals surface area contributed by atoms with Crippen LogP contribution in [0.25, 0.3) is 10.9 Å². The predicted octanol–water partition coefficient (Wildman–Crippen LogP) is 2.73. The molecule has 126 valence electrons. The highest BCUT2D eigenvalue weighted by atomic mass is 16.5. The van der Waals surface area contributed by atoms with Crippen molar-refractivity contribution in [3.63, 3.8) is 0 Å². The van der Waals surface area contributed by atoms with Crippen LogP contribution < -0.4 is 0 Å². The van der Waals surface area contributed by atoms with Crippen LogP contribution >= 0.6 is 0 Å². The summed E-state index contributed by atoms with van der Waals surface area (Å²) in [6, 6.07) is 8.44. The van der Waals surface area contributed by atoms with Crippen molar-refractivity contribution in [2.75, 3.05) is 19.6 Å². The summed E-state index contributed by atoms with van der Waals surface area (Å²) in [5.41, 5.74) is 3.76. The van der Waals surface area contributed by atoms with Gasteiger partial charge in [0.05, 0.1) is 24.9 Å². The second-order valence-corrected chi connectivity index (χ2v) is 6.97.